The van der Waals surface area contributed by atoms with Crippen molar-refractivity contribution in [1.82, 2.24) is 0 Å². The molecule has 0 aliphatic carbocycles. The lowest BCUT2D eigenvalue weighted by atomic mass is 10.2. The summed E-state index contributed by atoms with van der Waals surface area (Å²) < 4.78 is 0. The van der Waals surface area contributed by atoms with E-state index in [2.05, 4.69) is 42.8 Å². The van der Waals surface area contributed by atoms with Crippen LogP contribution in [0.15, 0.2) is 4.99 Å². The summed E-state index contributed by atoms with van der Waals surface area (Å²) in [6, 6.07) is 0. The fourth-order valence-electron chi connectivity index (χ4n) is 1.08. The first-order chi connectivity index (χ1) is 6.56. The van der Waals surface area contributed by atoms with E-state index in [0.29, 0.717) is 0 Å². The topological polar surface area (TPSA) is 12.4 Å². The second kappa shape index (κ2) is 8.54. The summed E-state index contributed by atoms with van der Waals surface area (Å²) in [5.74, 6) is 1.35. The van der Waals surface area contributed by atoms with Crippen LogP contribution in [-0.4, -0.2) is 25.7 Å². The summed E-state index contributed by atoms with van der Waals surface area (Å²) in [6.45, 7) is 10.4. The fraction of sp³-hybridized carbons (Fsp3) is 0.909. The van der Waals surface area contributed by atoms with Crippen LogP contribution < -0.4 is 0 Å². The van der Waals surface area contributed by atoms with Crippen molar-refractivity contribution >= 4 is 24.6 Å². The van der Waals surface area contributed by atoms with Crippen LogP contribution in [0.3, 0.4) is 0 Å². The van der Waals surface area contributed by atoms with Crippen LogP contribution in [0.1, 0.15) is 32.6 Å². The van der Waals surface area contributed by atoms with Crippen LogP contribution in [-0.2, 0) is 0 Å². The van der Waals surface area contributed by atoms with E-state index in [-0.39, 0.29) is 0 Å². The predicted octanol–water partition coefficient (Wildman–Crippen LogP) is 4.21. The maximum absolute atomic E-state index is 4.31. The molecule has 0 radical (unpaired) electrons. The van der Waals surface area contributed by atoms with Crippen LogP contribution >= 0.6 is 11.2 Å². The highest BCUT2D eigenvalue weighted by Crippen LogP contribution is 2.20. The van der Waals surface area contributed by atoms with Gasteiger partial charge in [-0.05, 0) is 31.2 Å². The van der Waals surface area contributed by atoms with E-state index in [1.165, 1.54) is 25.0 Å². The van der Waals surface area contributed by atoms with E-state index in [9.17, 15) is 0 Å². The smallest absolute Gasteiger partial charge is 0.108 e. The van der Waals surface area contributed by atoms with E-state index < -0.39 is 7.22 Å². The fourth-order valence-corrected chi connectivity index (χ4v) is 4.31. The molecule has 0 bridgehead atoms. The molecule has 0 aromatic rings. The largest absolute Gasteiger partial charge is 0.298 e. The van der Waals surface area contributed by atoms with Crippen molar-refractivity contribution in [3.8, 4) is 0 Å². The van der Waals surface area contributed by atoms with Gasteiger partial charge >= 0.3 is 0 Å². The van der Waals surface area contributed by atoms with E-state index in [1.807, 2.05) is 6.21 Å². The molecule has 0 aromatic carbocycles. The molecule has 0 heterocycles. The molecule has 0 spiro atoms. The maximum atomic E-state index is 4.31. The second-order valence-electron chi connectivity index (χ2n) is 4.52. The van der Waals surface area contributed by atoms with Crippen molar-refractivity contribution in [3.05, 3.63) is 0 Å². The number of hydrogen-bond donors (Lipinski definition) is 0. The van der Waals surface area contributed by atoms with Gasteiger partial charge in [-0.15, -0.1) is 0 Å². The number of nitrogens with zero attached hydrogens (tertiary/aromatic N) is 1. The van der Waals surface area contributed by atoms with Gasteiger partial charge in [0, 0.05) is 6.54 Å². The SMILES string of the molecule is CC/C=N/CCCCCS[Si](C)(C)C. The maximum Gasteiger partial charge on any atom is 0.108 e. The Bertz CT molecular complexity index is 152. The van der Waals surface area contributed by atoms with Crippen molar-refractivity contribution in [3.63, 3.8) is 0 Å². The standard InChI is InChI=1S/C11H25NSSi/c1-5-9-12-10-7-6-8-11-13-14(2,3)4/h9H,5-8,10-11H2,1-4H3/b12-9+. The van der Waals surface area contributed by atoms with Gasteiger partial charge in [0.25, 0.3) is 0 Å². The van der Waals surface area contributed by atoms with Crippen LogP contribution in [0, 0.1) is 0 Å². The molecule has 1 nitrogen and oxygen atoms in total. The van der Waals surface area contributed by atoms with Crippen molar-refractivity contribution < 1.29 is 0 Å². The zero-order chi connectivity index (χ0) is 10.9. The molecule has 3 heteroatoms. The summed E-state index contributed by atoms with van der Waals surface area (Å²) in [5, 5.41) is 0. The van der Waals surface area contributed by atoms with Crippen LogP contribution in [0.2, 0.25) is 19.6 Å². The molecule has 0 rings (SSSR count). The minimum Gasteiger partial charge on any atom is -0.298 e. The third-order valence-electron chi connectivity index (χ3n) is 1.78. The first-order valence-electron chi connectivity index (χ1n) is 5.68. The van der Waals surface area contributed by atoms with Gasteiger partial charge < -0.3 is 0 Å². The highest BCUT2D eigenvalue weighted by Gasteiger charge is 2.12. The Morgan fingerprint density at radius 3 is 2.43 bits per heavy atom. The molecular formula is C11H25NSSi. The third kappa shape index (κ3) is 12.2. The molecule has 0 aliphatic rings. The Morgan fingerprint density at radius 1 is 1.14 bits per heavy atom. The van der Waals surface area contributed by atoms with Gasteiger partial charge in [-0.1, -0.05) is 33.0 Å². The zero-order valence-corrected chi connectivity index (χ0v) is 12.0. The lowest BCUT2D eigenvalue weighted by Crippen LogP contribution is -2.14. The van der Waals surface area contributed by atoms with Gasteiger partial charge in [-0.3, -0.25) is 4.99 Å². The van der Waals surface area contributed by atoms with Gasteiger partial charge in [-0.2, -0.15) is 11.2 Å². The van der Waals surface area contributed by atoms with E-state index in [4.69, 9.17) is 0 Å². The highest BCUT2D eigenvalue weighted by atomic mass is 32.4. The molecule has 0 unspecified atom stereocenters. The van der Waals surface area contributed by atoms with E-state index in [1.54, 1.807) is 0 Å². The normalized spacial score (nSPS) is 12.6. The second-order valence-corrected chi connectivity index (χ2v) is 14.0. The summed E-state index contributed by atoms with van der Waals surface area (Å²) in [4.78, 5) is 4.31. The number of rotatable bonds is 8. The Labute approximate surface area is 94.4 Å². The van der Waals surface area contributed by atoms with Gasteiger partial charge in [0.1, 0.15) is 7.22 Å². The number of unbranched alkanes of at least 4 members (excludes halogenated alkanes) is 2. The minimum atomic E-state index is -0.851. The van der Waals surface area contributed by atoms with E-state index >= 15 is 0 Å². The Kier molecular flexibility index (Phi) is 8.68. The molecule has 84 valence electrons. The summed E-state index contributed by atoms with van der Waals surface area (Å²) in [6.07, 6.45) is 7.08. The minimum absolute atomic E-state index is 0.851. The monoisotopic (exact) mass is 231 g/mol. The Morgan fingerprint density at radius 2 is 1.86 bits per heavy atom. The first kappa shape index (κ1) is 14.2. The summed E-state index contributed by atoms with van der Waals surface area (Å²) >= 11 is 2.20. The van der Waals surface area contributed by atoms with Crippen LogP contribution in [0.4, 0.5) is 0 Å². The lowest BCUT2D eigenvalue weighted by molar-refractivity contribution is 0.734. The van der Waals surface area contributed by atoms with Gasteiger partial charge in [0.15, 0.2) is 0 Å². The molecule has 0 aliphatic heterocycles. The van der Waals surface area contributed by atoms with Gasteiger partial charge in [0.2, 0.25) is 0 Å². The van der Waals surface area contributed by atoms with Crippen molar-refractivity contribution in [2.24, 2.45) is 4.99 Å². The van der Waals surface area contributed by atoms with Crippen molar-refractivity contribution in [1.29, 1.82) is 0 Å². The summed E-state index contributed by atoms with van der Waals surface area (Å²) in [5.41, 5.74) is 0. The first-order valence-corrected chi connectivity index (χ1v) is 10.9. The van der Waals surface area contributed by atoms with Gasteiger partial charge in [0.05, 0.1) is 0 Å². The van der Waals surface area contributed by atoms with Crippen LogP contribution in [0.5, 0.6) is 0 Å². The molecule has 0 N–H and O–H groups in total. The quantitative estimate of drug-likeness (QED) is 0.346. The predicted molar refractivity (Wildman–Crippen MR) is 73.3 cm³/mol. The molecule has 0 amide bonds. The molecule has 0 atom stereocenters. The molecule has 0 saturated carbocycles. The van der Waals surface area contributed by atoms with Crippen molar-refractivity contribution in [2.75, 3.05) is 12.3 Å². The number of hydrogen-bond acceptors (Lipinski definition) is 2. The Balaban J connectivity index is 3.11. The van der Waals surface area contributed by atoms with Crippen LogP contribution in [0.25, 0.3) is 0 Å². The third-order valence-corrected chi connectivity index (χ3v) is 6.35. The van der Waals surface area contributed by atoms with Crippen molar-refractivity contribution in [2.45, 2.75) is 52.2 Å². The lowest BCUT2D eigenvalue weighted by Gasteiger charge is -2.14. The number of aliphatic imine (C=N–C) groups is 1. The molecule has 0 saturated heterocycles. The molecule has 0 aromatic heterocycles. The Hall–Kier alpha value is 0.237. The van der Waals surface area contributed by atoms with Gasteiger partial charge in [-0.25, -0.2) is 0 Å². The summed E-state index contributed by atoms with van der Waals surface area (Å²) in [7, 11) is -0.851. The highest BCUT2D eigenvalue weighted by molar-refractivity contribution is 8.28. The zero-order valence-electron chi connectivity index (χ0n) is 10.2. The average molecular weight is 231 g/mol. The molecule has 0 fully saturated rings. The molecular weight excluding hydrogens is 206 g/mol. The molecule has 14 heavy (non-hydrogen) atoms. The average Bonchev–Trinajstić information content (AvgIpc) is 2.08. The van der Waals surface area contributed by atoms with E-state index in [0.717, 1.165) is 13.0 Å².